The van der Waals surface area contributed by atoms with Crippen molar-refractivity contribution < 1.29 is 23.9 Å². The van der Waals surface area contributed by atoms with E-state index in [2.05, 4.69) is 4.52 Å². The molecule has 0 spiro atoms. The quantitative estimate of drug-likeness (QED) is 0.518. The van der Waals surface area contributed by atoms with E-state index in [-0.39, 0.29) is 0 Å². The first-order chi connectivity index (χ1) is 3.42. The van der Waals surface area contributed by atoms with Gasteiger partial charge in [0.05, 0.1) is 0 Å². The molecule has 1 atom stereocenters. The SMILES string of the molecule is CP(=O)(O)OC(=O)O. The van der Waals surface area contributed by atoms with E-state index in [0.29, 0.717) is 0 Å². The van der Waals surface area contributed by atoms with Gasteiger partial charge in [0, 0.05) is 6.66 Å². The third-order valence-corrected chi connectivity index (χ3v) is 0.742. The molecule has 0 radical (unpaired) electrons. The first kappa shape index (κ1) is 7.46. The minimum absolute atomic E-state index is 0.793. The predicted molar refractivity (Wildman–Crippen MR) is 24.9 cm³/mol. The van der Waals surface area contributed by atoms with Crippen molar-refractivity contribution in [3.8, 4) is 0 Å². The molecule has 6 heteroatoms. The molecule has 2 N–H and O–H groups in total. The van der Waals surface area contributed by atoms with Gasteiger partial charge in [-0.1, -0.05) is 0 Å². The van der Waals surface area contributed by atoms with Crippen molar-refractivity contribution in [3.05, 3.63) is 0 Å². The minimum atomic E-state index is -3.82. The second kappa shape index (κ2) is 2.15. The van der Waals surface area contributed by atoms with Gasteiger partial charge in [-0.3, -0.25) is 0 Å². The summed E-state index contributed by atoms with van der Waals surface area (Å²) in [6.45, 7) is 0.793. The molecule has 0 bridgehead atoms. The van der Waals surface area contributed by atoms with Crippen LogP contribution in [0.5, 0.6) is 0 Å². The highest BCUT2D eigenvalue weighted by atomic mass is 31.2. The summed E-state index contributed by atoms with van der Waals surface area (Å²) in [5, 5.41) is 7.69. The Hall–Kier alpha value is -0.540. The van der Waals surface area contributed by atoms with E-state index < -0.39 is 13.8 Å². The lowest BCUT2D eigenvalue weighted by atomic mass is 11.5. The fraction of sp³-hybridized carbons (Fsp3) is 0.500. The van der Waals surface area contributed by atoms with Crippen molar-refractivity contribution in [2.45, 2.75) is 0 Å². The predicted octanol–water partition coefficient (Wildman–Crippen LogP) is 0.496. The monoisotopic (exact) mass is 140 g/mol. The number of hydrogen-bond donors (Lipinski definition) is 2. The zero-order chi connectivity index (χ0) is 6.78. The van der Waals surface area contributed by atoms with Crippen molar-refractivity contribution in [1.29, 1.82) is 0 Å². The van der Waals surface area contributed by atoms with Crippen molar-refractivity contribution in [1.82, 2.24) is 0 Å². The van der Waals surface area contributed by atoms with Gasteiger partial charge in [-0.25, -0.2) is 9.36 Å². The molecule has 8 heavy (non-hydrogen) atoms. The van der Waals surface area contributed by atoms with Crippen molar-refractivity contribution in [2.75, 3.05) is 6.66 Å². The van der Waals surface area contributed by atoms with E-state index in [0.717, 1.165) is 6.66 Å². The van der Waals surface area contributed by atoms with Crippen LogP contribution in [0.4, 0.5) is 4.79 Å². The summed E-state index contributed by atoms with van der Waals surface area (Å²) in [7, 11) is -3.82. The van der Waals surface area contributed by atoms with Crippen LogP contribution < -0.4 is 0 Å². The summed E-state index contributed by atoms with van der Waals surface area (Å²) >= 11 is 0. The van der Waals surface area contributed by atoms with Gasteiger partial charge in [0.25, 0.3) is 0 Å². The van der Waals surface area contributed by atoms with Crippen LogP contribution in [0.1, 0.15) is 0 Å². The van der Waals surface area contributed by atoms with Crippen LogP contribution in [0, 0.1) is 0 Å². The lowest BCUT2D eigenvalue weighted by Gasteiger charge is -1.99. The van der Waals surface area contributed by atoms with Crippen molar-refractivity contribution >= 4 is 13.8 Å². The third-order valence-electron chi connectivity index (χ3n) is 0.247. The molecule has 1 unspecified atom stereocenters. The number of hydrogen-bond acceptors (Lipinski definition) is 3. The van der Waals surface area contributed by atoms with Gasteiger partial charge in [-0.2, -0.15) is 0 Å². The average molecular weight is 140 g/mol. The lowest BCUT2D eigenvalue weighted by Crippen LogP contribution is -1.95. The van der Waals surface area contributed by atoms with Gasteiger partial charge in [0.1, 0.15) is 0 Å². The first-order valence-electron chi connectivity index (χ1n) is 1.64. The standard InChI is InChI=1S/C2H5O5P/c1-8(5,6)7-2(3)4/h1H3,(H,3,4)(H,5,6). The second-order valence-corrected chi connectivity index (χ2v) is 2.95. The second-order valence-electron chi connectivity index (χ2n) is 1.16. The highest BCUT2D eigenvalue weighted by molar-refractivity contribution is 7.52. The molecule has 0 heterocycles. The highest BCUT2D eigenvalue weighted by Crippen LogP contribution is 2.36. The Labute approximate surface area is 45.4 Å². The molecule has 0 amide bonds. The van der Waals surface area contributed by atoms with Crippen LogP contribution in [0.15, 0.2) is 0 Å². The molecule has 0 saturated heterocycles. The van der Waals surface area contributed by atoms with Crippen LogP contribution in [0.2, 0.25) is 0 Å². The van der Waals surface area contributed by atoms with E-state index in [9.17, 15) is 9.36 Å². The molecular weight excluding hydrogens is 135 g/mol. The molecule has 0 aromatic rings. The zero-order valence-corrected chi connectivity index (χ0v) is 4.96. The van der Waals surface area contributed by atoms with E-state index in [1.54, 1.807) is 0 Å². The molecule has 0 saturated carbocycles. The van der Waals surface area contributed by atoms with Crippen LogP contribution in [0.3, 0.4) is 0 Å². The van der Waals surface area contributed by atoms with Gasteiger partial charge in [0.2, 0.25) is 0 Å². The number of rotatable bonds is 1. The largest absolute Gasteiger partial charge is 0.512 e. The van der Waals surface area contributed by atoms with Crippen LogP contribution in [-0.2, 0) is 9.09 Å². The normalized spacial score (nSPS) is 16.8. The molecule has 5 nitrogen and oxygen atoms in total. The van der Waals surface area contributed by atoms with Crippen molar-refractivity contribution in [2.24, 2.45) is 0 Å². The van der Waals surface area contributed by atoms with Crippen molar-refractivity contribution in [3.63, 3.8) is 0 Å². The van der Waals surface area contributed by atoms with E-state index in [1.165, 1.54) is 0 Å². The molecule has 0 aliphatic rings. The smallest absolute Gasteiger partial charge is 0.449 e. The molecular formula is C2H5O5P. The molecule has 0 aliphatic carbocycles. The van der Waals surface area contributed by atoms with Gasteiger partial charge >= 0.3 is 13.8 Å². The van der Waals surface area contributed by atoms with Gasteiger partial charge in [-0.15, -0.1) is 0 Å². The van der Waals surface area contributed by atoms with E-state index >= 15 is 0 Å². The summed E-state index contributed by atoms with van der Waals surface area (Å²) in [5.41, 5.74) is 0. The Morgan fingerprint density at radius 1 is 1.75 bits per heavy atom. The lowest BCUT2D eigenvalue weighted by molar-refractivity contribution is 0.139. The summed E-state index contributed by atoms with van der Waals surface area (Å²) in [6.07, 6.45) is -1.74. The molecule has 0 aromatic carbocycles. The summed E-state index contributed by atoms with van der Waals surface area (Å²) < 4.78 is 13.4. The van der Waals surface area contributed by atoms with E-state index in [4.69, 9.17) is 10.00 Å². The molecule has 48 valence electrons. The summed E-state index contributed by atoms with van der Waals surface area (Å²) in [4.78, 5) is 17.6. The fourth-order valence-electron chi connectivity index (χ4n) is 0.145. The average Bonchev–Trinajstić information content (AvgIpc) is 1.21. The van der Waals surface area contributed by atoms with Crippen LogP contribution in [-0.4, -0.2) is 22.8 Å². The number of carboxylic acid groups (broad SMARTS) is 1. The fourth-order valence-corrected chi connectivity index (χ4v) is 0.435. The maximum Gasteiger partial charge on any atom is 0.512 e. The third kappa shape index (κ3) is 5.46. The minimum Gasteiger partial charge on any atom is -0.449 e. The Morgan fingerprint density at radius 3 is 2.12 bits per heavy atom. The zero-order valence-electron chi connectivity index (χ0n) is 4.07. The Morgan fingerprint density at radius 2 is 2.12 bits per heavy atom. The molecule has 0 rings (SSSR count). The highest BCUT2D eigenvalue weighted by Gasteiger charge is 2.14. The van der Waals surface area contributed by atoms with Gasteiger partial charge in [-0.05, 0) is 0 Å². The first-order valence-corrected chi connectivity index (χ1v) is 3.67. The van der Waals surface area contributed by atoms with Crippen LogP contribution >= 0.6 is 7.60 Å². The Kier molecular flexibility index (Phi) is 2.01. The molecule has 0 fully saturated rings. The van der Waals surface area contributed by atoms with E-state index in [1.807, 2.05) is 0 Å². The maximum absolute atomic E-state index is 9.98. The van der Waals surface area contributed by atoms with Crippen LogP contribution in [0.25, 0.3) is 0 Å². The number of carbonyl (C=O) groups is 1. The topological polar surface area (TPSA) is 83.8 Å². The molecule has 0 aliphatic heterocycles. The summed E-state index contributed by atoms with van der Waals surface area (Å²) in [5.74, 6) is 0. The molecule has 0 aromatic heterocycles. The van der Waals surface area contributed by atoms with Gasteiger partial charge in [0.15, 0.2) is 0 Å². The maximum atomic E-state index is 9.98. The Bertz CT molecular complexity index is 133. The van der Waals surface area contributed by atoms with Gasteiger partial charge < -0.3 is 14.5 Å². The summed E-state index contributed by atoms with van der Waals surface area (Å²) in [6, 6.07) is 0. The Balaban J connectivity index is 3.74.